The first-order valence-corrected chi connectivity index (χ1v) is 11.9. The van der Waals surface area contributed by atoms with E-state index in [2.05, 4.69) is 29.0 Å². The number of ketones is 1. The summed E-state index contributed by atoms with van der Waals surface area (Å²) >= 11 is 0. The van der Waals surface area contributed by atoms with Gasteiger partial charge in [0.2, 0.25) is 0 Å². The molecule has 0 bridgehead atoms. The van der Waals surface area contributed by atoms with Crippen LogP contribution in [0.1, 0.15) is 46.5 Å². The normalized spacial score (nSPS) is 12.3. The van der Waals surface area contributed by atoms with Crippen LogP contribution in [-0.4, -0.2) is 52.7 Å². The maximum absolute atomic E-state index is 12.9. The number of aromatic amines is 1. The number of amides is 1. The summed E-state index contributed by atoms with van der Waals surface area (Å²) in [6, 6.07) is 18.9. The van der Waals surface area contributed by atoms with Crippen LogP contribution in [-0.2, 0) is 0 Å². The van der Waals surface area contributed by atoms with Crippen molar-refractivity contribution in [2.75, 3.05) is 26.2 Å². The van der Waals surface area contributed by atoms with Gasteiger partial charge in [-0.3, -0.25) is 9.59 Å². The van der Waals surface area contributed by atoms with Crippen molar-refractivity contribution in [3.63, 3.8) is 0 Å². The average molecular weight is 453 g/mol. The number of nitrogens with one attached hydrogen (secondary N) is 2. The Labute approximate surface area is 199 Å². The summed E-state index contributed by atoms with van der Waals surface area (Å²) in [5.74, 6) is 0.648. The van der Waals surface area contributed by atoms with Crippen LogP contribution in [0.5, 0.6) is 0 Å². The molecule has 2 N–H and O–H groups in total. The Balaban J connectivity index is 1.39. The van der Waals surface area contributed by atoms with E-state index in [1.165, 1.54) is 0 Å². The summed E-state index contributed by atoms with van der Waals surface area (Å²) in [5.41, 5.74) is 6.32. The first kappa shape index (κ1) is 22.0. The fourth-order valence-electron chi connectivity index (χ4n) is 4.70. The number of imidazole rings is 1. The Morgan fingerprint density at radius 1 is 0.941 bits per heavy atom. The molecule has 1 aliphatic carbocycles. The predicted octanol–water partition coefficient (Wildman–Crippen LogP) is 4.90. The third-order valence-electron chi connectivity index (χ3n) is 6.58. The molecule has 172 valence electrons. The molecule has 0 radical (unpaired) electrons. The van der Waals surface area contributed by atoms with Gasteiger partial charge in [-0.1, -0.05) is 56.3 Å². The fraction of sp³-hybridized carbons (Fsp3) is 0.250. The summed E-state index contributed by atoms with van der Waals surface area (Å²) in [6.07, 6.45) is 0.920. The molecule has 6 heteroatoms. The quantitative estimate of drug-likeness (QED) is 0.328. The van der Waals surface area contributed by atoms with Crippen LogP contribution in [0.3, 0.4) is 0 Å². The lowest BCUT2D eigenvalue weighted by molar-refractivity contribution is 0.0951. The summed E-state index contributed by atoms with van der Waals surface area (Å²) in [5, 5.41) is 3.02. The van der Waals surface area contributed by atoms with Crippen LogP contribution in [0.25, 0.3) is 33.5 Å². The summed E-state index contributed by atoms with van der Waals surface area (Å²) in [7, 11) is 0. The third-order valence-corrected chi connectivity index (χ3v) is 6.58. The second-order valence-corrected chi connectivity index (χ2v) is 8.56. The molecule has 0 saturated heterocycles. The van der Waals surface area contributed by atoms with Gasteiger partial charge in [-0.15, -0.1) is 0 Å². The van der Waals surface area contributed by atoms with E-state index >= 15 is 0 Å². The molecule has 0 spiro atoms. The lowest BCUT2D eigenvalue weighted by Crippen LogP contribution is -2.29. The smallest absolute Gasteiger partial charge is 0.251 e. The Bertz CT molecular complexity index is 1380. The Morgan fingerprint density at radius 3 is 2.47 bits per heavy atom. The number of rotatable bonds is 8. The third kappa shape index (κ3) is 3.90. The maximum atomic E-state index is 12.9. The highest BCUT2D eigenvalue weighted by atomic mass is 16.1. The number of aromatic nitrogens is 2. The number of benzene rings is 3. The molecule has 5 rings (SSSR count). The Morgan fingerprint density at radius 2 is 1.68 bits per heavy atom. The summed E-state index contributed by atoms with van der Waals surface area (Å²) in [4.78, 5) is 36.0. The van der Waals surface area contributed by atoms with Crippen molar-refractivity contribution in [2.24, 2.45) is 0 Å². The maximum Gasteiger partial charge on any atom is 0.251 e. The number of carbonyl (C=O) groups excluding carboxylic acids is 2. The van der Waals surface area contributed by atoms with Crippen LogP contribution < -0.4 is 5.32 Å². The fourth-order valence-corrected chi connectivity index (χ4v) is 4.70. The molecule has 6 nitrogen and oxygen atoms in total. The van der Waals surface area contributed by atoms with Gasteiger partial charge < -0.3 is 15.2 Å². The molecule has 4 aromatic rings. The molecule has 1 aliphatic rings. The molecular formula is C28H28N4O2. The molecule has 1 aromatic heterocycles. The largest absolute Gasteiger partial charge is 0.352 e. The van der Waals surface area contributed by atoms with Gasteiger partial charge in [0.05, 0.1) is 11.0 Å². The highest BCUT2D eigenvalue weighted by Gasteiger charge is 2.29. The Kier molecular flexibility index (Phi) is 5.99. The molecular weight excluding hydrogens is 424 g/mol. The van der Waals surface area contributed by atoms with E-state index < -0.39 is 0 Å². The number of hydrogen-bond acceptors (Lipinski definition) is 4. The highest BCUT2D eigenvalue weighted by molar-refractivity contribution is 6.23. The van der Waals surface area contributed by atoms with E-state index in [9.17, 15) is 9.59 Å². The van der Waals surface area contributed by atoms with Crippen molar-refractivity contribution in [1.29, 1.82) is 0 Å². The standard InChI is InChI=1S/C28H28N4O2/c1-3-32(4-2)16-8-15-29-28(34)18-13-14-23-24(17-18)31-27(30-23)22-12-7-11-21-25(22)19-9-5-6-10-20(19)26(21)33/h5-7,9-14,17H,3-4,8,15-16H2,1-2H3,(H,29,34)(H,30,31). The second-order valence-electron chi connectivity index (χ2n) is 8.56. The van der Waals surface area contributed by atoms with E-state index in [-0.39, 0.29) is 11.7 Å². The van der Waals surface area contributed by atoms with Crippen molar-refractivity contribution in [3.8, 4) is 22.5 Å². The average Bonchev–Trinajstić information content (AvgIpc) is 3.43. The first-order valence-electron chi connectivity index (χ1n) is 11.9. The van der Waals surface area contributed by atoms with Crippen LogP contribution in [0.2, 0.25) is 0 Å². The van der Waals surface area contributed by atoms with Gasteiger partial charge in [0, 0.05) is 34.4 Å². The summed E-state index contributed by atoms with van der Waals surface area (Å²) < 4.78 is 0. The molecule has 0 aliphatic heterocycles. The molecule has 0 unspecified atom stereocenters. The van der Waals surface area contributed by atoms with Crippen molar-refractivity contribution < 1.29 is 9.59 Å². The van der Waals surface area contributed by atoms with Crippen molar-refractivity contribution in [3.05, 3.63) is 77.4 Å². The van der Waals surface area contributed by atoms with Gasteiger partial charge in [0.1, 0.15) is 5.82 Å². The van der Waals surface area contributed by atoms with E-state index in [0.717, 1.165) is 59.3 Å². The predicted molar refractivity (Wildman–Crippen MR) is 135 cm³/mol. The number of hydrogen-bond donors (Lipinski definition) is 2. The lowest BCUT2D eigenvalue weighted by Gasteiger charge is -2.17. The highest BCUT2D eigenvalue weighted by Crippen LogP contribution is 2.42. The van der Waals surface area contributed by atoms with Crippen molar-refractivity contribution in [2.45, 2.75) is 20.3 Å². The SMILES string of the molecule is CCN(CC)CCCNC(=O)c1ccc2nc(-c3cccc4c3-c3ccccc3C4=O)[nH]c2c1. The van der Waals surface area contributed by atoms with Crippen LogP contribution in [0.4, 0.5) is 0 Å². The monoisotopic (exact) mass is 452 g/mol. The zero-order valence-electron chi connectivity index (χ0n) is 19.5. The second kappa shape index (κ2) is 9.23. The van der Waals surface area contributed by atoms with Crippen LogP contribution >= 0.6 is 0 Å². The van der Waals surface area contributed by atoms with Gasteiger partial charge in [-0.05, 0) is 49.8 Å². The zero-order chi connectivity index (χ0) is 23.7. The van der Waals surface area contributed by atoms with Crippen molar-refractivity contribution in [1.82, 2.24) is 20.2 Å². The van der Waals surface area contributed by atoms with E-state index in [0.29, 0.717) is 23.5 Å². The molecule has 0 atom stereocenters. The van der Waals surface area contributed by atoms with Crippen LogP contribution in [0.15, 0.2) is 60.7 Å². The number of fused-ring (bicyclic) bond motifs is 4. The molecule has 0 fully saturated rings. The van der Waals surface area contributed by atoms with Gasteiger partial charge in [-0.2, -0.15) is 0 Å². The lowest BCUT2D eigenvalue weighted by atomic mass is 9.99. The van der Waals surface area contributed by atoms with Crippen LogP contribution in [0, 0.1) is 0 Å². The summed E-state index contributed by atoms with van der Waals surface area (Å²) in [6.45, 7) is 7.96. The minimum absolute atomic E-state index is 0.0449. The van der Waals surface area contributed by atoms with E-state index in [1.54, 1.807) is 6.07 Å². The zero-order valence-corrected chi connectivity index (χ0v) is 19.5. The number of H-pyrrole nitrogens is 1. The molecule has 3 aromatic carbocycles. The van der Waals surface area contributed by atoms with Gasteiger partial charge in [0.15, 0.2) is 5.78 Å². The molecule has 1 heterocycles. The van der Waals surface area contributed by atoms with Gasteiger partial charge in [0.25, 0.3) is 5.91 Å². The van der Waals surface area contributed by atoms with Gasteiger partial charge in [-0.25, -0.2) is 4.98 Å². The number of nitrogens with zero attached hydrogens (tertiary/aromatic N) is 2. The topological polar surface area (TPSA) is 78.1 Å². The van der Waals surface area contributed by atoms with Gasteiger partial charge >= 0.3 is 0 Å². The number of carbonyl (C=O) groups is 2. The van der Waals surface area contributed by atoms with E-state index in [4.69, 9.17) is 4.98 Å². The van der Waals surface area contributed by atoms with E-state index in [1.807, 2.05) is 54.6 Å². The van der Waals surface area contributed by atoms with Crippen molar-refractivity contribution >= 4 is 22.7 Å². The first-order chi connectivity index (χ1) is 16.6. The molecule has 0 saturated carbocycles. The molecule has 34 heavy (non-hydrogen) atoms. The minimum atomic E-state index is -0.0854. The minimum Gasteiger partial charge on any atom is -0.352 e. The Hall–Kier alpha value is -3.77. The molecule has 1 amide bonds.